The van der Waals surface area contributed by atoms with Crippen LogP contribution in [-0.4, -0.2) is 5.11 Å². The maximum absolute atomic E-state index is 11.9. The van der Waals surface area contributed by atoms with Crippen LogP contribution in [-0.2, 0) is 38.5 Å². The second-order valence-electron chi connectivity index (χ2n) is 18.2. The van der Waals surface area contributed by atoms with E-state index in [1.807, 2.05) is 6.07 Å². The number of hydrogen-bond acceptors (Lipinski definition) is 1. The summed E-state index contributed by atoms with van der Waals surface area (Å²) in [6, 6.07) is 32.0. The third-order valence-electron chi connectivity index (χ3n) is 13.1. The van der Waals surface area contributed by atoms with E-state index in [4.69, 9.17) is 0 Å². The highest BCUT2D eigenvalue weighted by Gasteiger charge is 2.26. The molecule has 0 aliphatic heterocycles. The summed E-state index contributed by atoms with van der Waals surface area (Å²) in [5.41, 5.74) is 13.0. The van der Waals surface area contributed by atoms with E-state index in [9.17, 15) is 5.11 Å². The summed E-state index contributed by atoms with van der Waals surface area (Å²) >= 11 is 0. The lowest BCUT2D eigenvalue weighted by Crippen LogP contribution is -2.14. The van der Waals surface area contributed by atoms with Crippen molar-refractivity contribution < 1.29 is 5.11 Å². The topological polar surface area (TPSA) is 20.2 Å². The van der Waals surface area contributed by atoms with Crippen LogP contribution >= 0.6 is 0 Å². The van der Waals surface area contributed by atoms with E-state index in [1.54, 1.807) is 0 Å². The third kappa shape index (κ3) is 15.7. The molecule has 318 valence electrons. The van der Waals surface area contributed by atoms with Gasteiger partial charge in [0.25, 0.3) is 0 Å². The fourth-order valence-electron chi connectivity index (χ4n) is 9.73. The van der Waals surface area contributed by atoms with Gasteiger partial charge in [-0.15, -0.1) is 0 Å². The van der Waals surface area contributed by atoms with Crippen molar-refractivity contribution in [3.8, 4) is 5.75 Å². The first-order valence-electron chi connectivity index (χ1n) is 24.4. The molecule has 0 aliphatic rings. The van der Waals surface area contributed by atoms with Gasteiger partial charge in [-0.2, -0.15) is 0 Å². The summed E-state index contributed by atoms with van der Waals surface area (Å²) in [4.78, 5) is 0. The van der Waals surface area contributed by atoms with E-state index in [2.05, 4.69) is 120 Å². The molecule has 0 fully saturated rings. The van der Waals surface area contributed by atoms with Crippen molar-refractivity contribution in [2.75, 3.05) is 0 Å². The quantitative estimate of drug-likeness (QED) is 0.0522. The maximum Gasteiger partial charge on any atom is 0.119 e. The molecule has 4 rings (SSSR count). The van der Waals surface area contributed by atoms with Crippen molar-refractivity contribution in [3.63, 3.8) is 0 Å². The van der Waals surface area contributed by atoms with Crippen molar-refractivity contribution in [1.29, 1.82) is 0 Å². The highest BCUT2D eigenvalue weighted by Crippen LogP contribution is 2.42. The molecule has 0 bridgehead atoms. The Morgan fingerprint density at radius 2 is 0.655 bits per heavy atom. The number of aromatic hydroxyl groups is 1. The molecule has 3 unspecified atom stereocenters. The molecular formula is C57H84O. The molecule has 0 saturated carbocycles. The predicted molar refractivity (Wildman–Crippen MR) is 255 cm³/mol. The third-order valence-corrected chi connectivity index (χ3v) is 13.1. The minimum atomic E-state index is 0.202. The van der Waals surface area contributed by atoms with Crippen LogP contribution in [0.25, 0.3) is 0 Å². The zero-order valence-corrected chi connectivity index (χ0v) is 38.2. The number of phenolic OH excluding ortho intramolecular Hbond substituents is 1. The second-order valence-corrected chi connectivity index (χ2v) is 18.2. The Morgan fingerprint density at radius 1 is 0.345 bits per heavy atom. The zero-order chi connectivity index (χ0) is 41.4. The molecule has 1 heteroatoms. The second kappa shape index (κ2) is 27.4. The van der Waals surface area contributed by atoms with Gasteiger partial charge in [-0.05, 0) is 126 Å². The van der Waals surface area contributed by atoms with Crippen LogP contribution in [0.1, 0.15) is 225 Å². The van der Waals surface area contributed by atoms with E-state index in [1.165, 1.54) is 172 Å². The predicted octanol–water partition coefficient (Wildman–Crippen LogP) is 17.1. The molecular weight excluding hydrogens is 701 g/mol. The SMILES string of the molecule is CCCCCCCCc1ccccc1CC(C)c1ccc(O)c(C(C)Cc2ccccc2CCCCCCCC)c1C(C)Cc1ccccc1CCCCCCCC. The molecule has 0 heterocycles. The van der Waals surface area contributed by atoms with Crippen LogP contribution in [0.3, 0.4) is 0 Å². The maximum atomic E-state index is 11.9. The van der Waals surface area contributed by atoms with Gasteiger partial charge in [-0.3, -0.25) is 0 Å². The Balaban J connectivity index is 1.64. The van der Waals surface area contributed by atoms with Gasteiger partial charge >= 0.3 is 0 Å². The van der Waals surface area contributed by atoms with E-state index in [0.29, 0.717) is 11.7 Å². The lowest BCUT2D eigenvalue weighted by molar-refractivity contribution is 0.458. The Kier molecular flexibility index (Phi) is 22.4. The number of rotatable bonds is 30. The van der Waals surface area contributed by atoms with Gasteiger partial charge in [-0.1, -0.05) is 217 Å². The smallest absolute Gasteiger partial charge is 0.119 e. The fraction of sp³-hybridized carbons (Fsp3) is 0.579. The van der Waals surface area contributed by atoms with Crippen molar-refractivity contribution in [1.82, 2.24) is 0 Å². The summed E-state index contributed by atoms with van der Waals surface area (Å²) in [7, 11) is 0. The lowest BCUT2D eigenvalue weighted by Gasteiger charge is -2.29. The van der Waals surface area contributed by atoms with Gasteiger partial charge in [-0.25, -0.2) is 0 Å². The number of phenols is 1. The molecule has 4 aromatic carbocycles. The minimum absolute atomic E-state index is 0.202. The highest BCUT2D eigenvalue weighted by atomic mass is 16.3. The van der Waals surface area contributed by atoms with Crippen LogP contribution in [0, 0.1) is 0 Å². The van der Waals surface area contributed by atoms with Gasteiger partial charge in [0.1, 0.15) is 5.75 Å². The lowest BCUT2D eigenvalue weighted by atomic mass is 9.76. The minimum Gasteiger partial charge on any atom is -0.508 e. The first-order valence-corrected chi connectivity index (χ1v) is 24.4. The first-order chi connectivity index (χ1) is 28.4. The Labute approximate surface area is 357 Å². The van der Waals surface area contributed by atoms with Crippen molar-refractivity contribution in [2.24, 2.45) is 0 Å². The van der Waals surface area contributed by atoms with Gasteiger partial charge in [0.2, 0.25) is 0 Å². The first kappa shape index (κ1) is 47.4. The van der Waals surface area contributed by atoms with Crippen molar-refractivity contribution in [3.05, 3.63) is 135 Å². The summed E-state index contributed by atoms with van der Waals surface area (Å²) in [5, 5.41) is 11.9. The molecule has 0 radical (unpaired) electrons. The van der Waals surface area contributed by atoms with Crippen molar-refractivity contribution in [2.45, 2.75) is 213 Å². The van der Waals surface area contributed by atoms with Crippen LogP contribution in [0.4, 0.5) is 0 Å². The zero-order valence-electron chi connectivity index (χ0n) is 38.2. The van der Waals surface area contributed by atoms with Crippen molar-refractivity contribution >= 4 is 0 Å². The summed E-state index contributed by atoms with van der Waals surface area (Å²) in [6.07, 6.45) is 30.3. The Hall–Kier alpha value is -3.32. The van der Waals surface area contributed by atoms with Crippen LogP contribution in [0.2, 0.25) is 0 Å². The number of unbranched alkanes of at least 4 members (excludes halogenated alkanes) is 15. The average Bonchev–Trinajstić information content (AvgIpc) is 3.23. The number of aryl methyl sites for hydroxylation is 3. The van der Waals surface area contributed by atoms with Gasteiger partial charge in [0, 0.05) is 5.56 Å². The molecule has 0 amide bonds. The van der Waals surface area contributed by atoms with E-state index < -0.39 is 0 Å². The fourth-order valence-corrected chi connectivity index (χ4v) is 9.73. The molecule has 0 saturated heterocycles. The summed E-state index contributed by atoms with van der Waals surface area (Å²) in [6.45, 7) is 14.2. The van der Waals surface area contributed by atoms with E-state index >= 15 is 0 Å². The average molecular weight is 785 g/mol. The van der Waals surface area contributed by atoms with Gasteiger partial charge < -0.3 is 5.11 Å². The largest absolute Gasteiger partial charge is 0.508 e. The molecule has 3 atom stereocenters. The Morgan fingerprint density at radius 3 is 1.03 bits per heavy atom. The van der Waals surface area contributed by atoms with E-state index in [-0.39, 0.29) is 11.8 Å². The Bertz CT molecular complexity index is 1700. The van der Waals surface area contributed by atoms with Crippen LogP contribution in [0.5, 0.6) is 5.75 Å². The molecule has 0 aromatic heterocycles. The molecule has 0 spiro atoms. The monoisotopic (exact) mass is 785 g/mol. The summed E-state index contributed by atoms with van der Waals surface area (Å²) in [5.74, 6) is 1.30. The molecule has 1 N–H and O–H groups in total. The van der Waals surface area contributed by atoms with Gasteiger partial charge in [0.05, 0.1) is 0 Å². The number of benzene rings is 4. The molecule has 4 aromatic rings. The van der Waals surface area contributed by atoms with Crippen LogP contribution in [0.15, 0.2) is 84.9 Å². The van der Waals surface area contributed by atoms with Gasteiger partial charge in [0.15, 0.2) is 0 Å². The standard InChI is InChI=1S/C57H84O/c1-7-10-13-16-19-22-31-48-34-25-28-37-51(48)42-45(4)54-40-41-55(58)57(47(6)44-53-39-30-27-36-50(53)33-24-21-18-15-12-9-3)56(54)46(5)43-52-38-29-26-35-49(52)32-23-20-17-14-11-8-2/h25-30,34-41,45-47,58H,7-24,31-33,42-44H2,1-6H3. The molecule has 0 aliphatic carbocycles. The highest BCUT2D eigenvalue weighted by molar-refractivity contribution is 5.51. The number of hydrogen-bond donors (Lipinski definition) is 1. The van der Waals surface area contributed by atoms with E-state index in [0.717, 1.165) is 32.1 Å². The van der Waals surface area contributed by atoms with Crippen LogP contribution < -0.4 is 0 Å². The molecule has 58 heavy (non-hydrogen) atoms. The summed E-state index contributed by atoms with van der Waals surface area (Å²) < 4.78 is 0. The normalized spacial score (nSPS) is 13.1. The molecule has 1 nitrogen and oxygen atoms in total.